The molecular weight excluding hydrogens is 210 g/mol. The summed E-state index contributed by atoms with van der Waals surface area (Å²) in [5, 5.41) is 4.97. The van der Waals surface area contributed by atoms with Crippen LogP contribution in [0.25, 0.3) is 0 Å². The maximum absolute atomic E-state index is 6.07. The maximum Gasteiger partial charge on any atom is 0.0694 e. The van der Waals surface area contributed by atoms with E-state index < -0.39 is 0 Å². The molecular formula is C11H12ClN3. The first-order valence-corrected chi connectivity index (χ1v) is 5.07. The summed E-state index contributed by atoms with van der Waals surface area (Å²) in [5.74, 6) is 0. The second-order valence-electron chi connectivity index (χ2n) is 3.46. The summed E-state index contributed by atoms with van der Waals surface area (Å²) in [4.78, 5) is 0. The van der Waals surface area contributed by atoms with Gasteiger partial charge in [0, 0.05) is 22.5 Å². The fourth-order valence-electron chi connectivity index (χ4n) is 1.46. The molecule has 1 aromatic heterocycles. The quantitative estimate of drug-likeness (QED) is 0.792. The van der Waals surface area contributed by atoms with Crippen LogP contribution in [-0.4, -0.2) is 9.78 Å². The largest absolute Gasteiger partial charge is 0.398 e. The molecule has 0 fully saturated rings. The first-order chi connectivity index (χ1) is 7.16. The van der Waals surface area contributed by atoms with Crippen LogP contribution in [0.15, 0.2) is 30.5 Å². The zero-order valence-corrected chi connectivity index (χ0v) is 9.20. The summed E-state index contributed by atoms with van der Waals surface area (Å²) in [6, 6.07) is 7.48. The summed E-state index contributed by atoms with van der Waals surface area (Å²) in [6.45, 7) is 2.56. The summed E-state index contributed by atoms with van der Waals surface area (Å²) < 4.78 is 1.83. The second kappa shape index (κ2) is 3.95. The number of rotatable bonds is 2. The van der Waals surface area contributed by atoms with Crippen LogP contribution in [0.3, 0.4) is 0 Å². The van der Waals surface area contributed by atoms with E-state index in [4.69, 9.17) is 17.3 Å². The highest BCUT2D eigenvalue weighted by Crippen LogP contribution is 2.22. The molecule has 15 heavy (non-hydrogen) atoms. The molecule has 78 valence electrons. The van der Waals surface area contributed by atoms with Gasteiger partial charge in [-0.05, 0) is 25.1 Å². The van der Waals surface area contributed by atoms with Gasteiger partial charge in [0.2, 0.25) is 0 Å². The van der Waals surface area contributed by atoms with Gasteiger partial charge in [-0.2, -0.15) is 5.10 Å². The lowest BCUT2D eigenvalue weighted by atomic mass is 10.2. The van der Waals surface area contributed by atoms with Crippen LogP contribution in [0.1, 0.15) is 11.3 Å². The van der Waals surface area contributed by atoms with E-state index in [0.717, 1.165) is 11.3 Å². The summed E-state index contributed by atoms with van der Waals surface area (Å²) in [5.41, 5.74) is 8.46. The van der Waals surface area contributed by atoms with Gasteiger partial charge >= 0.3 is 0 Å². The molecule has 0 bridgehead atoms. The molecule has 2 aromatic rings. The lowest BCUT2D eigenvalue weighted by Crippen LogP contribution is -2.04. The van der Waals surface area contributed by atoms with E-state index in [1.807, 2.05) is 42.1 Å². The van der Waals surface area contributed by atoms with E-state index in [-0.39, 0.29) is 0 Å². The van der Waals surface area contributed by atoms with Crippen LogP contribution in [0, 0.1) is 6.92 Å². The third-order valence-electron chi connectivity index (χ3n) is 2.25. The second-order valence-corrected chi connectivity index (χ2v) is 3.87. The molecule has 1 heterocycles. The number of hydrogen-bond donors (Lipinski definition) is 1. The minimum Gasteiger partial charge on any atom is -0.398 e. The molecule has 4 heteroatoms. The Bertz CT molecular complexity index is 456. The Hall–Kier alpha value is -1.48. The van der Waals surface area contributed by atoms with Crippen LogP contribution in [0.2, 0.25) is 5.02 Å². The van der Waals surface area contributed by atoms with Gasteiger partial charge in [-0.3, -0.25) is 4.68 Å². The molecule has 0 radical (unpaired) electrons. The van der Waals surface area contributed by atoms with Gasteiger partial charge in [-0.15, -0.1) is 0 Å². The number of nitrogens with two attached hydrogens (primary N) is 1. The number of nitrogens with zero attached hydrogens (tertiary/aromatic N) is 2. The molecule has 0 saturated heterocycles. The number of hydrogen-bond acceptors (Lipinski definition) is 2. The van der Waals surface area contributed by atoms with E-state index in [1.54, 1.807) is 0 Å². The van der Waals surface area contributed by atoms with Crippen LogP contribution in [0.4, 0.5) is 5.69 Å². The molecule has 0 unspecified atom stereocenters. The number of benzene rings is 1. The highest BCUT2D eigenvalue weighted by atomic mass is 35.5. The van der Waals surface area contributed by atoms with Crippen molar-refractivity contribution in [1.82, 2.24) is 9.78 Å². The van der Waals surface area contributed by atoms with E-state index in [2.05, 4.69) is 5.10 Å². The van der Waals surface area contributed by atoms with Gasteiger partial charge in [0.15, 0.2) is 0 Å². The van der Waals surface area contributed by atoms with Crippen molar-refractivity contribution in [3.63, 3.8) is 0 Å². The number of aryl methyl sites for hydroxylation is 1. The molecule has 0 atom stereocenters. The highest BCUT2D eigenvalue weighted by molar-refractivity contribution is 6.31. The topological polar surface area (TPSA) is 43.8 Å². The Morgan fingerprint density at radius 2 is 2.20 bits per heavy atom. The van der Waals surface area contributed by atoms with Crippen LogP contribution >= 0.6 is 11.6 Å². The Labute approximate surface area is 93.5 Å². The third kappa shape index (κ3) is 2.13. The van der Waals surface area contributed by atoms with Crippen molar-refractivity contribution in [2.75, 3.05) is 5.73 Å². The molecule has 0 spiro atoms. The molecule has 0 aliphatic rings. The van der Waals surface area contributed by atoms with Crippen LogP contribution < -0.4 is 5.73 Å². The van der Waals surface area contributed by atoms with Crippen molar-refractivity contribution in [3.8, 4) is 0 Å². The molecule has 1 aromatic carbocycles. The van der Waals surface area contributed by atoms with Gasteiger partial charge < -0.3 is 5.73 Å². The average molecular weight is 222 g/mol. The minimum absolute atomic E-state index is 0.610. The van der Waals surface area contributed by atoms with E-state index in [0.29, 0.717) is 17.3 Å². The highest BCUT2D eigenvalue weighted by Gasteiger charge is 2.05. The molecule has 0 amide bonds. The minimum atomic E-state index is 0.610. The fraction of sp³-hybridized carbons (Fsp3) is 0.182. The van der Waals surface area contributed by atoms with E-state index >= 15 is 0 Å². The number of nitrogen functional groups attached to an aromatic ring is 1. The van der Waals surface area contributed by atoms with E-state index in [9.17, 15) is 0 Å². The summed E-state index contributed by atoms with van der Waals surface area (Å²) >= 11 is 6.07. The van der Waals surface area contributed by atoms with Crippen molar-refractivity contribution < 1.29 is 0 Å². The van der Waals surface area contributed by atoms with Gasteiger partial charge in [0.05, 0.1) is 12.2 Å². The van der Waals surface area contributed by atoms with Crippen molar-refractivity contribution in [2.45, 2.75) is 13.5 Å². The third-order valence-corrected chi connectivity index (χ3v) is 2.60. The zero-order valence-electron chi connectivity index (χ0n) is 8.44. The smallest absolute Gasteiger partial charge is 0.0694 e. The van der Waals surface area contributed by atoms with Crippen molar-refractivity contribution in [1.29, 1.82) is 0 Å². The lowest BCUT2D eigenvalue weighted by molar-refractivity contribution is 0.681. The predicted octanol–water partition coefficient (Wildman–Crippen LogP) is 2.48. The lowest BCUT2D eigenvalue weighted by Gasteiger charge is -2.07. The maximum atomic E-state index is 6.07. The fourth-order valence-corrected chi connectivity index (χ4v) is 1.70. The molecule has 2 N–H and O–H groups in total. The summed E-state index contributed by atoms with van der Waals surface area (Å²) in [6.07, 6.45) is 1.91. The average Bonchev–Trinajstić information content (AvgIpc) is 2.58. The molecule has 0 saturated carbocycles. The van der Waals surface area contributed by atoms with Crippen LogP contribution in [-0.2, 0) is 6.54 Å². The molecule has 3 nitrogen and oxygen atoms in total. The van der Waals surface area contributed by atoms with Crippen molar-refractivity contribution >= 4 is 17.3 Å². The molecule has 0 aliphatic heterocycles. The normalized spacial score (nSPS) is 10.5. The standard InChI is InChI=1S/C11H12ClN3/c1-8-5-6-15(14-8)7-9-10(12)3-2-4-11(9)13/h2-6H,7,13H2,1H3. The van der Waals surface area contributed by atoms with Gasteiger partial charge in [0.1, 0.15) is 0 Å². The predicted molar refractivity (Wildman–Crippen MR) is 61.9 cm³/mol. The van der Waals surface area contributed by atoms with Gasteiger partial charge in [0.25, 0.3) is 0 Å². The van der Waals surface area contributed by atoms with Gasteiger partial charge in [-0.25, -0.2) is 0 Å². The number of halogens is 1. The number of anilines is 1. The Morgan fingerprint density at radius 1 is 1.40 bits per heavy atom. The molecule has 0 aliphatic carbocycles. The van der Waals surface area contributed by atoms with Gasteiger partial charge in [-0.1, -0.05) is 17.7 Å². The molecule has 2 rings (SSSR count). The zero-order chi connectivity index (χ0) is 10.8. The Balaban J connectivity index is 2.31. The van der Waals surface area contributed by atoms with Crippen molar-refractivity contribution in [3.05, 3.63) is 46.7 Å². The van der Waals surface area contributed by atoms with E-state index in [1.165, 1.54) is 0 Å². The van der Waals surface area contributed by atoms with Crippen molar-refractivity contribution in [2.24, 2.45) is 0 Å². The van der Waals surface area contributed by atoms with Crippen LogP contribution in [0.5, 0.6) is 0 Å². The number of aromatic nitrogens is 2. The monoisotopic (exact) mass is 221 g/mol. The Morgan fingerprint density at radius 3 is 2.80 bits per heavy atom. The Kier molecular flexibility index (Phi) is 2.64. The SMILES string of the molecule is Cc1ccn(Cc2c(N)cccc2Cl)n1. The first kappa shape index (κ1) is 10.1. The first-order valence-electron chi connectivity index (χ1n) is 4.70. The summed E-state index contributed by atoms with van der Waals surface area (Å²) in [7, 11) is 0.